The first-order valence-electron chi connectivity index (χ1n) is 11.4. The van der Waals surface area contributed by atoms with Gasteiger partial charge < -0.3 is 14.9 Å². The lowest BCUT2D eigenvalue weighted by atomic mass is 9.96. The van der Waals surface area contributed by atoms with Crippen LogP contribution >= 0.6 is 0 Å². The Labute approximate surface area is 204 Å². The van der Waals surface area contributed by atoms with Gasteiger partial charge in [-0.2, -0.15) is 26.3 Å². The molecule has 3 rings (SSSR count). The highest BCUT2D eigenvalue weighted by Crippen LogP contribution is 2.37. The van der Waals surface area contributed by atoms with Crippen molar-refractivity contribution in [2.24, 2.45) is 11.8 Å². The number of nitrogens with zero attached hydrogens (tertiary/aromatic N) is 1. The molecule has 1 aliphatic heterocycles. The van der Waals surface area contributed by atoms with Crippen molar-refractivity contribution in [2.45, 2.75) is 44.8 Å². The third kappa shape index (κ3) is 7.13. The second-order valence-corrected chi connectivity index (χ2v) is 9.04. The fraction of sp³-hybridized carbons (Fsp3) is 0.480. The summed E-state index contributed by atoms with van der Waals surface area (Å²) in [4.78, 5) is 12.8. The molecule has 0 radical (unpaired) electrons. The van der Waals surface area contributed by atoms with Crippen LogP contribution in [0.4, 0.5) is 26.3 Å². The predicted molar refractivity (Wildman–Crippen MR) is 118 cm³/mol. The zero-order valence-corrected chi connectivity index (χ0v) is 19.4. The Hall–Kier alpha value is -2.79. The number of aliphatic hydroxyl groups excluding tert-OH is 1. The molecule has 2 aromatic rings. The van der Waals surface area contributed by atoms with E-state index < -0.39 is 47.0 Å². The normalized spacial score (nSPS) is 17.6. The number of rotatable bonds is 8. The number of halogens is 6. The average molecular weight is 519 g/mol. The van der Waals surface area contributed by atoms with Crippen molar-refractivity contribution in [3.63, 3.8) is 0 Å². The van der Waals surface area contributed by atoms with Crippen LogP contribution in [0.15, 0.2) is 42.5 Å². The minimum atomic E-state index is -4.75. The molecule has 1 fully saturated rings. The van der Waals surface area contributed by atoms with E-state index >= 15 is 0 Å². The number of aliphatic hydroxyl groups is 1. The average Bonchev–Trinajstić information content (AvgIpc) is 2.81. The second-order valence-electron chi connectivity index (χ2n) is 9.04. The van der Waals surface area contributed by atoms with Gasteiger partial charge in [-0.3, -0.25) is 9.69 Å². The standard InChI is InChI=1S/C25H27F6NO4/c1-15(23(34)35)22(33)17-3-2-4-20(12-17)36-14-16-7-9-32(10-8-16)13-18-11-19(24(26,27)28)5-6-21(18)25(29,30)31/h2-6,11-12,15-16,22,33H,7-10,13-14H2,1H3,(H,34,35)/t15-,22+/m0/s1. The Bertz CT molecular complexity index is 1050. The number of alkyl halides is 6. The number of hydrogen-bond donors (Lipinski definition) is 2. The summed E-state index contributed by atoms with van der Waals surface area (Å²) >= 11 is 0. The molecule has 0 unspecified atom stereocenters. The Morgan fingerprint density at radius 3 is 2.31 bits per heavy atom. The minimum absolute atomic E-state index is 0.0800. The summed E-state index contributed by atoms with van der Waals surface area (Å²) in [7, 11) is 0. The van der Waals surface area contributed by atoms with Crippen molar-refractivity contribution in [3.8, 4) is 5.75 Å². The van der Waals surface area contributed by atoms with Gasteiger partial charge in [-0.05, 0) is 80.2 Å². The maximum Gasteiger partial charge on any atom is 0.416 e. The van der Waals surface area contributed by atoms with Crippen molar-refractivity contribution in [1.29, 1.82) is 0 Å². The molecule has 198 valence electrons. The Balaban J connectivity index is 1.58. The van der Waals surface area contributed by atoms with Crippen LogP contribution in [0.5, 0.6) is 5.75 Å². The van der Waals surface area contributed by atoms with E-state index in [0.29, 0.717) is 62.1 Å². The van der Waals surface area contributed by atoms with Gasteiger partial charge >= 0.3 is 18.3 Å². The number of carboxylic acids is 1. The summed E-state index contributed by atoms with van der Waals surface area (Å²) in [5, 5.41) is 19.3. The number of carbonyl (C=O) groups is 1. The highest BCUT2D eigenvalue weighted by molar-refractivity contribution is 5.70. The van der Waals surface area contributed by atoms with Crippen molar-refractivity contribution in [2.75, 3.05) is 19.7 Å². The molecule has 2 aromatic carbocycles. The molecule has 1 aliphatic rings. The van der Waals surface area contributed by atoms with Crippen LogP contribution in [-0.2, 0) is 23.7 Å². The topological polar surface area (TPSA) is 70.0 Å². The highest BCUT2D eigenvalue weighted by atomic mass is 19.4. The lowest BCUT2D eigenvalue weighted by molar-refractivity contribution is -0.145. The summed E-state index contributed by atoms with van der Waals surface area (Å²) in [5.41, 5.74) is -2.18. The van der Waals surface area contributed by atoms with Crippen molar-refractivity contribution < 1.29 is 46.1 Å². The fourth-order valence-corrected chi connectivity index (χ4v) is 4.16. The number of likely N-dealkylation sites (tertiary alicyclic amines) is 1. The van der Waals surface area contributed by atoms with Gasteiger partial charge in [0.25, 0.3) is 0 Å². The van der Waals surface area contributed by atoms with E-state index in [9.17, 15) is 36.2 Å². The first kappa shape index (κ1) is 27.8. The molecule has 11 heteroatoms. The summed E-state index contributed by atoms with van der Waals surface area (Å²) in [6, 6.07) is 7.98. The monoisotopic (exact) mass is 519 g/mol. The van der Waals surface area contributed by atoms with Crippen LogP contribution in [0.2, 0.25) is 0 Å². The van der Waals surface area contributed by atoms with Gasteiger partial charge in [0.2, 0.25) is 0 Å². The van der Waals surface area contributed by atoms with Crippen LogP contribution in [0, 0.1) is 11.8 Å². The third-order valence-corrected chi connectivity index (χ3v) is 6.39. The van der Waals surface area contributed by atoms with Gasteiger partial charge in [0.05, 0.1) is 29.8 Å². The molecule has 0 aromatic heterocycles. The molecule has 0 saturated carbocycles. The van der Waals surface area contributed by atoms with Crippen molar-refractivity contribution >= 4 is 5.97 Å². The lowest BCUT2D eigenvalue weighted by Gasteiger charge is -2.32. The van der Waals surface area contributed by atoms with Crippen LogP contribution < -0.4 is 4.74 Å². The fourth-order valence-electron chi connectivity index (χ4n) is 4.16. The van der Waals surface area contributed by atoms with Gasteiger partial charge in [0.15, 0.2) is 0 Å². The highest BCUT2D eigenvalue weighted by Gasteiger charge is 2.37. The molecule has 36 heavy (non-hydrogen) atoms. The molecule has 0 amide bonds. The maximum atomic E-state index is 13.4. The quantitative estimate of drug-likeness (QED) is 0.434. The van der Waals surface area contributed by atoms with Crippen LogP contribution in [0.3, 0.4) is 0 Å². The van der Waals surface area contributed by atoms with E-state index in [2.05, 4.69) is 0 Å². The van der Waals surface area contributed by atoms with E-state index in [0.717, 1.165) is 0 Å². The molecule has 2 atom stereocenters. The largest absolute Gasteiger partial charge is 0.493 e. The first-order valence-corrected chi connectivity index (χ1v) is 11.4. The molecular weight excluding hydrogens is 492 g/mol. The summed E-state index contributed by atoms with van der Waals surface area (Å²) in [6.45, 7) is 2.26. The van der Waals surface area contributed by atoms with Crippen molar-refractivity contribution in [1.82, 2.24) is 4.90 Å². The molecule has 2 N–H and O–H groups in total. The third-order valence-electron chi connectivity index (χ3n) is 6.39. The molecule has 0 spiro atoms. The Morgan fingerprint density at radius 1 is 1.06 bits per heavy atom. The zero-order valence-electron chi connectivity index (χ0n) is 19.4. The minimum Gasteiger partial charge on any atom is -0.493 e. The molecule has 0 aliphatic carbocycles. The Morgan fingerprint density at radius 2 is 1.72 bits per heavy atom. The zero-order chi connectivity index (χ0) is 26.7. The smallest absolute Gasteiger partial charge is 0.416 e. The molecule has 1 heterocycles. The number of carboxylic acid groups (broad SMARTS) is 1. The van der Waals surface area contributed by atoms with Crippen LogP contribution in [0.1, 0.15) is 48.1 Å². The van der Waals surface area contributed by atoms with E-state index in [-0.39, 0.29) is 12.5 Å². The van der Waals surface area contributed by atoms with Crippen LogP contribution in [0.25, 0.3) is 0 Å². The molecular formula is C25H27F6NO4. The summed E-state index contributed by atoms with van der Waals surface area (Å²) in [6.07, 6.45) is -9.53. The number of benzene rings is 2. The lowest BCUT2D eigenvalue weighted by Crippen LogP contribution is -2.35. The van der Waals surface area contributed by atoms with E-state index in [1.807, 2.05) is 0 Å². The Kier molecular flexibility index (Phi) is 8.55. The van der Waals surface area contributed by atoms with Crippen molar-refractivity contribution in [3.05, 3.63) is 64.7 Å². The SMILES string of the molecule is C[C@H](C(=O)O)[C@@H](O)c1cccc(OCC2CCN(Cc3cc(C(F)(F)F)ccc3C(F)(F)F)CC2)c1. The molecule has 5 nitrogen and oxygen atoms in total. The van der Waals surface area contributed by atoms with Gasteiger partial charge in [-0.15, -0.1) is 0 Å². The number of ether oxygens (including phenoxy) is 1. The first-order chi connectivity index (χ1) is 16.8. The van der Waals surface area contributed by atoms with Gasteiger partial charge in [0.1, 0.15) is 5.75 Å². The number of hydrogen-bond acceptors (Lipinski definition) is 4. The summed E-state index contributed by atoms with van der Waals surface area (Å²) in [5.74, 6) is -1.60. The number of aliphatic carboxylic acids is 1. The molecule has 1 saturated heterocycles. The number of piperidine rings is 1. The van der Waals surface area contributed by atoms with E-state index in [1.54, 1.807) is 29.2 Å². The second kappa shape index (κ2) is 11.1. The van der Waals surface area contributed by atoms with E-state index in [1.165, 1.54) is 6.92 Å². The predicted octanol–water partition coefficient (Wildman–Crippen LogP) is 5.77. The molecule has 0 bridgehead atoms. The maximum absolute atomic E-state index is 13.4. The van der Waals surface area contributed by atoms with Gasteiger partial charge in [-0.1, -0.05) is 12.1 Å². The van der Waals surface area contributed by atoms with Gasteiger partial charge in [0, 0.05) is 6.54 Å². The summed E-state index contributed by atoms with van der Waals surface area (Å²) < 4.78 is 85.0. The van der Waals surface area contributed by atoms with Crippen LogP contribution in [-0.4, -0.2) is 40.8 Å². The van der Waals surface area contributed by atoms with E-state index in [4.69, 9.17) is 9.84 Å². The van der Waals surface area contributed by atoms with Gasteiger partial charge in [-0.25, -0.2) is 0 Å².